The first-order valence-electron chi connectivity index (χ1n) is 12.0. The molecule has 0 atom stereocenters. The molecule has 1 N–H and O–H groups in total. The summed E-state index contributed by atoms with van der Waals surface area (Å²) in [6.07, 6.45) is 5.44. The first kappa shape index (κ1) is 23.1. The van der Waals surface area contributed by atoms with E-state index in [0.717, 1.165) is 36.4 Å². The number of aryl methyl sites for hydroxylation is 1. The predicted octanol–water partition coefficient (Wildman–Crippen LogP) is 4.78. The molecule has 0 amide bonds. The SMILES string of the molecule is Cc1cc(Nc2ccc(CN=Nc3ncc(F)c(N4CCOCC4)n3)nc2)ccc1N1CCCC1. The normalized spacial score (nSPS) is 16.3. The molecule has 2 aromatic heterocycles. The third-order valence-corrected chi connectivity index (χ3v) is 6.17. The van der Waals surface area contributed by atoms with Gasteiger partial charge in [0, 0.05) is 37.6 Å². The van der Waals surface area contributed by atoms with E-state index in [1.165, 1.54) is 24.1 Å². The average Bonchev–Trinajstić information content (AvgIpc) is 3.41. The zero-order valence-electron chi connectivity index (χ0n) is 19.8. The molecule has 2 saturated heterocycles. The maximum Gasteiger partial charge on any atom is 0.270 e. The van der Waals surface area contributed by atoms with Crippen LogP contribution in [-0.4, -0.2) is 54.3 Å². The van der Waals surface area contributed by atoms with Crippen molar-refractivity contribution in [2.75, 3.05) is 54.5 Å². The number of azo groups is 1. The summed E-state index contributed by atoms with van der Waals surface area (Å²) in [6.45, 7) is 6.95. The standard InChI is InChI=1S/C25H29FN8O/c1-18-14-19(6-7-23(18)33-8-2-3-9-33)30-21-5-4-20(27-15-21)16-29-32-25-28-17-22(26)24(31-25)34-10-12-35-13-11-34/h4-7,14-15,17,30H,2-3,8-13,16H2,1H3. The van der Waals surface area contributed by atoms with Crippen LogP contribution in [0.2, 0.25) is 0 Å². The van der Waals surface area contributed by atoms with Gasteiger partial charge < -0.3 is 19.9 Å². The van der Waals surface area contributed by atoms with Gasteiger partial charge in [0.1, 0.15) is 6.54 Å². The molecule has 2 fully saturated rings. The first-order chi connectivity index (χ1) is 17.2. The molecule has 3 aromatic rings. The lowest BCUT2D eigenvalue weighted by atomic mass is 10.1. The van der Waals surface area contributed by atoms with Crippen LogP contribution in [0.3, 0.4) is 0 Å². The summed E-state index contributed by atoms with van der Waals surface area (Å²) in [6, 6.07) is 10.3. The number of nitrogens with one attached hydrogen (secondary N) is 1. The second kappa shape index (κ2) is 10.7. The first-order valence-corrected chi connectivity index (χ1v) is 12.0. The Labute approximate surface area is 204 Å². The Morgan fingerprint density at radius 2 is 1.77 bits per heavy atom. The number of halogens is 1. The van der Waals surface area contributed by atoms with Crippen molar-refractivity contribution in [2.24, 2.45) is 10.2 Å². The zero-order chi connectivity index (χ0) is 24.0. The number of rotatable bonds is 7. The monoisotopic (exact) mass is 476 g/mol. The van der Waals surface area contributed by atoms with Crippen LogP contribution in [-0.2, 0) is 11.3 Å². The average molecular weight is 477 g/mol. The molecule has 182 valence electrons. The number of aromatic nitrogens is 3. The van der Waals surface area contributed by atoms with Gasteiger partial charge >= 0.3 is 0 Å². The van der Waals surface area contributed by atoms with E-state index in [0.29, 0.717) is 26.3 Å². The topological polar surface area (TPSA) is 91.1 Å². The maximum absolute atomic E-state index is 14.1. The Hall–Kier alpha value is -3.66. The van der Waals surface area contributed by atoms with Gasteiger partial charge in [0.15, 0.2) is 11.6 Å². The second-order valence-electron chi connectivity index (χ2n) is 8.70. The van der Waals surface area contributed by atoms with Crippen molar-refractivity contribution in [3.63, 3.8) is 0 Å². The number of pyridine rings is 1. The summed E-state index contributed by atoms with van der Waals surface area (Å²) in [5.74, 6) is -0.120. The molecule has 0 spiro atoms. The van der Waals surface area contributed by atoms with Crippen LogP contribution in [0, 0.1) is 12.7 Å². The minimum absolute atomic E-state index is 0.124. The van der Waals surface area contributed by atoms with E-state index in [9.17, 15) is 4.39 Å². The lowest BCUT2D eigenvalue weighted by Gasteiger charge is -2.27. The summed E-state index contributed by atoms with van der Waals surface area (Å²) in [7, 11) is 0. The maximum atomic E-state index is 14.1. The van der Waals surface area contributed by atoms with Crippen LogP contribution in [0.4, 0.5) is 33.2 Å². The van der Waals surface area contributed by atoms with Crippen molar-refractivity contribution in [1.29, 1.82) is 0 Å². The van der Waals surface area contributed by atoms with Gasteiger partial charge in [-0.15, -0.1) is 5.11 Å². The van der Waals surface area contributed by atoms with Crippen LogP contribution in [0.15, 0.2) is 53.0 Å². The summed E-state index contributed by atoms with van der Waals surface area (Å²) in [5.41, 5.74) is 5.27. The molecule has 0 radical (unpaired) electrons. The molecule has 0 unspecified atom stereocenters. The third kappa shape index (κ3) is 5.71. The van der Waals surface area contributed by atoms with E-state index in [-0.39, 0.29) is 18.3 Å². The number of hydrogen-bond donors (Lipinski definition) is 1. The highest BCUT2D eigenvalue weighted by Crippen LogP contribution is 2.28. The van der Waals surface area contributed by atoms with Crippen LogP contribution >= 0.6 is 0 Å². The Morgan fingerprint density at radius 3 is 2.51 bits per heavy atom. The largest absolute Gasteiger partial charge is 0.378 e. The lowest BCUT2D eigenvalue weighted by Crippen LogP contribution is -2.37. The van der Waals surface area contributed by atoms with Crippen LogP contribution < -0.4 is 15.1 Å². The number of hydrogen-bond acceptors (Lipinski definition) is 9. The van der Waals surface area contributed by atoms with Crippen molar-refractivity contribution < 1.29 is 9.13 Å². The molecule has 1 aromatic carbocycles. The fourth-order valence-electron chi connectivity index (χ4n) is 4.37. The van der Waals surface area contributed by atoms with Crippen molar-refractivity contribution in [2.45, 2.75) is 26.3 Å². The smallest absolute Gasteiger partial charge is 0.270 e. The van der Waals surface area contributed by atoms with Crippen molar-refractivity contribution >= 4 is 28.8 Å². The Morgan fingerprint density at radius 1 is 0.971 bits per heavy atom. The molecule has 4 heterocycles. The molecule has 10 heteroatoms. The summed E-state index contributed by atoms with van der Waals surface area (Å²) < 4.78 is 19.5. The molecule has 2 aliphatic heterocycles. The van der Waals surface area contributed by atoms with Gasteiger partial charge in [-0.1, -0.05) is 0 Å². The molecule has 5 rings (SSSR count). The van der Waals surface area contributed by atoms with E-state index in [1.807, 2.05) is 17.0 Å². The van der Waals surface area contributed by atoms with E-state index < -0.39 is 5.82 Å². The van der Waals surface area contributed by atoms with Crippen molar-refractivity contribution in [3.8, 4) is 0 Å². The minimum Gasteiger partial charge on any atom is -0.378 e. The van der Waals surface area contributed by atoms with Gasteiger partial charge in [-0.05, 0) is 55.7 Å². The van der Waals surface area contributed by atoms with Gasteiger partial charge in [-0.3, -0.25) is 4.98 Å². The lowest BCUT2D eigenvalue weighted by molar-refractivity contribution is 0.122. The van der Waals surface area contributed by atoms with Crippen LogP contribution in [0.1, 0.15) is 24.1 Å². The van der Waals surface area contributed by atoms with E-state index in [1.54, 1.807) is 6.20 Å². The van der Waals surface area contributed by atoms with Crippen LogP contribution in [0.25, 0.3) is 0 Å². The number of benzene rings is 1. The minimum atomic E-state index is -0.475. The highest BCUT2D eigenvalue weighted by atomic mass is 19.1. The fraction of sp³-hybridized carbons (Fsp3) is 0.400. The second-order valence-corrected chi connectivity index (χ2v) is 8.70. The summed E-state index contributed by atoms with van der Waals surface area (Å²) in [5, 5.41) is 11.6. The molecular formula is C25H29FN8O. The molecule has 35 heavy (non-hydrogen) atoms. The molecule has 2 aliphatic rings. The van der Waals surface area contributed by atoms with Crippen LogP contribution in [0.5, 0.6) is 0 Å². The highest BCUT2D eigenvalue weighted by molar-refractivity contribution is 5.65. The van der Waals surface area contributed by atoms with Crippen molar-refractivity contribution in [3.05, 3.63) is 59.8 Å². The molecule has 0 aliphatic carbocycles. The van der Waals surface area contributed by atoms with E-state index >= 15 is 0 Å². The van der Waals surface area contributed by atoms with E-state index in [4.69, 9.17) is 4.74 Å². The Kier molecular flexibility index (Phi) is 7.08. The van der Waals surface area contributed by atoms with Crippen molar-refractivity contribution in [1.82, 2.24) is 15.0 Å². The summed E-state index contributed by atoms with van der Waals surface area (Å²) in [4.78, 5) is 16.9. The number of nitrogens with zero attached hydrogens (tertiary/aromatic N) is 7. The van der Waals surface area contributed by atoms with E-state index in [2.05, 4.69) is 60.5 Å². The molecular weight excluding hydrogens is 447 g/mol. The van der Waals surface area contributed by atoms with Gasteiger partial charge in [0.05, 0.1) is 37.0 Å². The highest BCUT2D eigenvalue weighted by Gasteiger charge is 2.18. The molecule has 9 nitrogen and oxygen atoms in total. The van der Waals surface area contributed by atoms with Gasteiger partial charge in [-0.25, -0.2) is 9.37 Å². The zero-order valence-corrected chi connectivity index (χ0v) is 19.8. The van der Waals surface area contributed by atoms with Gasteiger partial charge in [0.25, 0.3) is 5.95 Å². The third-order valence-electron chi connectivity index (χ3n) is 6.17. The summed E-state index contributed by atoms with van der Waals surface area (Å²) >= 11 is 0. The molecule has 0 saturated carbocycles. The fourth-order valence-corrected chi connectivity index (χ4v) is 4.37. The predicted molar refractivity (Wildman–Crippen MR) is 133 cm³/mol. The van der Waals surface area contributed by atoms with Gasteiger partial charge in [-0.2, -0.15) is 10.1 Å². The number of anilines is 4. The number of ether oxygens (including phenoxy) is 1. The Bertz CT molecular complexity index is 1170. The number of morpholine rings is 1. The van der Waals surface area contributed by atoms with Gasteiger partial charge in [0.2, 0.25) is 0 Å². The quantitative estimate of drug-likeness (QED) is 0.491. The molecule has 0 bridgehead atoms. The Balaban J connectivity index is 1.18.